The van der Waals surface area contributed by atoms with E-state index in [1.807, 2.05) is 37.3 Å². The van der Waals surface area contributed by atoms with Crippen molar-refractivity contribution in [2.75, 3.05) is 29.8 Å². The molecule has 1 aliphatic heterocycles. The lowest BCUT2D eigenvalue weighted by atomic mass is 10.1. The number of amides is 2. The molecule has 4 rings (SSSR count). The van der Waals surface area contributed by atoms with Crippen LogP contribution in [0.15, 0.2) is 77.7 Å². The molecule has 1 N–H and O–H groups in total. The van der Waals surface area contributed by atoms with Gasteiger partial charge < -0.3 is 9.64 Å². The molecule has 0 radical (unpaired) electrons. The summed E-state index contributed by atoms with van der Waals surface area (Å²) in [6.07, 6.45) is 0.815. The van der Waals surface area contributed by atoms with Gasteiger partial charge in [-0.05, 0) is 61.4 Å². The average molecular weight is 466 g/mol. The molecule has 3 aromatic rings. The van der Waals surface area contributed by atoms with Crippen LogP contribution in [0.2, 0.25) is 0 Å². The van der Waals surface area contributed by atoms with E-state index in [1.165, 1.54) is 0 Å². The summed E-state index contributed by atoms with van der Waals surface area (Å²) < 4.78 is 33.4. The highest BCUT2D eigenvalue weighted by atomic mass is 32.2. The van der Waals surface area contributed by atoms with Crippen molar-refractivity contribution >= 4 is 27.4 Å². The third-order valence-corrected chi connectivity index (χ3v) is 6.96. The molecule has 1 heterocycles. The van der Waals surface area contributed by atoms with Gasteiger partial charge in [0.2, 0.25) is 0 Å². The number of anilines is 2. The minimum Gasteiger partial charge on any atom is -0.497 e. The largest absolute Gasteiger partial charge is 0.497 e. The van der Waals surface area contributed by atoms with Crippen LogP contribution in [0.25, 0.3) is 0 Å². The maximum atomic E-state index is 13.2. The van der Waals surface area contributed by atoms with Crippen LogP contribution in [0.4, 0.5) is 16.2 Å². The monoisotopic (exact) mass is 465 g/mol. The number of nitrogens with one attached hydrogen (secondary N) is 1. The van der Waals surface area contributed by atoms with Crippen LogP contribution in [0.1, 0.15) is 17.5 Å². The quantitative estimate of drug-likeness (QED) is 0.552. The van der Waals surface area contributed by atoms with E-state index in [2.05, 4.69) is 4.72 Å². The molecule has 0 atom stereocenters. The number of benzene rings is 3. The van der Waals surface area contributed by atoms with E-state index in [-0.39, 0.29) is 10.9 Å². The van der Waals surface area contributed by atoms with Crippen molar-refractivity contribution in [1.29, 1.82) is 0 Å². The predicted octanol–water partition coefficient (Wildman–Crippen LogP) is 4.64. The molecule has 2 amide bonds. The second kappa shape index (κ2) is 9.54. The van der Waals surface area contributed by atoms with Crippen molar-refractivity contribution in [3.63, 3.8) is 0 Å². The van der Waals surface area contributed by atoms with Gasteiger partial charge in [-0.25, -0.2) is 13.2 Å². The molecule has 0 spiro atoms. The molecule has 0 aromatic heterocycles. The van der Waals surface area contributed by atoms with Crippen LogP contribution in [-0.4, -0.2) is 39.5 Å². The van der Waals surface area contributed by atoms with Gasteiger partial charge in [-0.15, -0.1) is 0 Å². The van der Waals surface area contributed by atoms with Crippen molar-refractivity contribution in [2.24, 2.45) is 0 Å². The number of hydrogen-bond donors (Lipinski definition) is 1. The standard InChI is InChI=1S/C25H27N3O4S/c1-19-10-12-24(13-11-19)33(30,31)26-21-7-4-8-22(17-21)28-15-5-14-27(25(28)29)18-20-6-3-9-23(16-20)32-2/h3-4,6-13,16-17,26H,5,14-15,18H2,1-2H3. The minimum atomic E-state index is -3.72. The fourth-order valence-electron chi connectivity index (χ4n) is 3.83. The summed E-state index contributed by atoms with van der Waals surface area (Å²) in [4.78, 5) is 16.9. The SMILES string of the molecule is COc1cccc(CN2CCCN(c3cccc(NS(=O)(=O)c4ccc(C)cc4)c3)C2=O)c1. The first kappa shape index (κ1) is 22.7. The van der Waals surface area contributed by atoms with E-state index in [4.69, 9.17) is 4.74 Å². The lowest BCUT2D eigenvalue weighted by Crippen LogP contribution is -2.49. The number of carbonyl (C=O) groups is 1. The van der Waals surface area contributed by atoms with Crippen LogP contribution in [-0.2, 0) is 16.6 Å². The minimum absolute atomic E-state index is 0.109. The smallest absolute Gasteiger partial charge is 0.324 e. The lowest BCUT2D eigenvalue weighted by molar-refractivity contribution is 0.192. The Morgan fingerprint density at radius 2 is 1.73 bits per heavy atom. The molecular weight excluding hydrogens is 438 g/mol. The highest BCUT2D eigenvalue weighted by Crippen LogP contribution is 2.26. The summed E-state index contributed by atoms with van der Waals surface area (Å²) in [5, 5.41) is 0. The van der Waals surface area contributed by atoms with Gasteiger partial charge in [0.15, 0.2) is 0 Å². The highest BCUT2D eigenvalue weighted by Gasteiger charge is 2.27. The number of rotatable bonds is 7. The number of carbonyl (C=O) groups excluding carboxylic acids is 1. The molecule has 7 nitrogen and oxygen atoms in total. The molecule has 3 aromatic carbocycles. The number of nitrogens with zero attached hydrogens (tertiary/aromatic N) is 2. The highest BCUT2D eigenvalue weighted by molar-refractivity contribution is 7.92. The second-order valence-electron chi connectivity index (χ2n) is 8.03. The van der Waals surface area contributed by atoms with Gasteiger partial charge in [-0.1, -0.05) is 35.9 Å². The van der Waals surface area contributed by atoms with Gasteiger partial charge in [-0.2, -0.15) is 0 Å². The van der Waals surface area contributed by atoms with Gasteiger partial charge in [-0.3, -0.25) is 9.62 Å². The molecule has 33 heavy (non-hydrogen) atoms. The summed E-state index contributed by atoms with van der Waals surface area (Å²) in [5.74, 6) is 0.752. The van der Waals surface area contributed by atoms with Crippen LogP contribution < -0.4 is 14.4 Å². The van der Waals surface area contributed by atoms with E-state index in [0.717, 1.165) is 23.3 Å². The van der Waals surface area contributed by atoms with Crippen molar-refractivity contribution < 1.29 is 17.9 Å². The van der Waals surface area contributed by atoms with Gasteiger partial charge in [0.25, 0.3) is 10.0 Å². The first-order chi connectivity index (χ1) is 15.9. The van der Waals surface area contributed by atoms with Crippen LogP contribution >= 0.6 is 0 Å². The molecule has 1 fully saturated rings. The molecular formula is C25H27N3O4S. The molecule has 172 valence electrons. The predicted molar refractivity (Wildman–Crippen MR) is 129 cm³/mol. The van der Waals surface area contributed by atoms with Crippen molar-refractivity contribution in [3.05, 3.63) is 83.9 Å². The third-order valence-electron chi connectivity index (χ3n) is 5.56. The molecule has 1 saturated heterocycles. The third kappa shape index (κ3) is 5.28. The van der Waals surface area contributed by atoms with Crippen molar-refractivity contribution in [2.45, 2.75) is 24.8 Å². The van der Waals surface area contributed by atoms with Crippen molar-refractivity contribution in [1.82, 2.24) is 4.90 Å². The molecule has 0 bridgehead atoms. The summed E-state index contributed by atoms with van der Waals surface area (Å²) in [6.45, 7) is 3.61. The maximum absolute atomic E-state index is 13.2. The van der Waals surface area contributed by atoms with Gasteiger partial charge in [0.1, 0.15) is 5.75 Å². The van der Waals surface area contributed by atoms with Crippen LogP contribution in [0, 0.1) is 6.92 Å². The second-order valence-corrected chi connectivity index (χ2v) is 9.71. The Morgan fingerprint density at radius 1 is 0.970 bits per heavy atom. The molecule has 1 aliphatic rings. The van der Waals surface area contributed by atoms with E-state index >= 15 is 0 Å². The number of methoxy groups -OCH3 is 1. The lowest BCUT2D eigenvalue weighted by Gasteiger charge is -2.36. The van der Waals surface area contributed by atoms with E-state index in [9.17, 15) is 13.2 Å². The molecule has 8 heteroatoms. The number of urea groups is 1. The Bertz CT molecular complexity index is 1240. The first-order valence-corrected chi connectivity index (χ1v) is 12.2. The van der Waals surface area contributed by atoms with E-state index < -0.39 is 10.0 Å². The number of sulfonamides is 1. The summed E-state index contributed by atoms with van der Waals surface area (Å²) in [6, 6.07) is 21.2. The van der Waals surface area contributed by atoms with Gasteiger partial charge in [0, 0.05) is 25.3 Å². The van der Waals surface area contributed by atoms with Crippen LogP contribution in [0.5, 0.6) is 5.75 Å². The zero-order chi connectivity index (χ0) is 23.4. The fraction of sp³-hybridized carbons (Fsp3) is 0.240. The molecule has 0 aliphatic carbocycles. The summed E-state index contributed by atoms with van der Waals surface area (Å²) in [7, 11) is -2.11. The van der Waals surface area contributed by atoms with E-state index in [1.54, 1.807) is 59.4 Å². The normalized spacial score (nSPS) is 14.3. The topological polar surface area (TPSA) is 79.0 Å². The Hall–Kier alpha value is -3.52. The Morgan fingerprint density at radius 3 is 2.48 bits per heavy atom. The zero-order valence-corrected chi connectivity index (χ0v) is 19.5. The first-order valence-electron chi connectivity index (χ1n) is 10.7. The van der Waals surface area contributed by atoms with E-state index in [0.29, 0.717) is 31.0 Å². The number of hydrogen-bond acceptors (Lipinski definition) is 4. The summed E-state index contributed by atoms with van der Waals surface area (Å²) >= 11 is 0. The molecule has 0 unspecified atom stereocenters. The maximum Gasteiger partial charge on any atom is 0.324 e. The number of aryl methyl sites for hydroxylation is 1. The van der Waals surface area contributed by atoms with Gasteiger partial charge >= 0.3 is 6.03 Å². The van der Waals surface area contributed by atoms with Gasteiger partial charge in [0.05, 0.1) is 17.7 Å². The summed E-state index contributed by atoms with van der Waals surface area (Å²) in [5.41, 5.74) is 3.03. The Kier molecular flexibility index (Phi) is 6.55. The Balaban J connectivity index is 1.51. The van der Waals surface area contributed by atoms with Crippen LogP contribution in [0.3, 0.4) is 0 Å². The number of ether oxygens (including phenoxy) is 1. The average Bonchev–Trinajstić information content (AvgIpc) is 2.81. The molecule has 0 saturated carbocycles. The van der Waals surface area contributed by atoms with Crippen molar-refractivity contribution in [3.8, 4) is 5.75 Å². The Labute approximate surface area is 194 Å². The fourth-order valence-corrected chi connectivity index (χ4v) is 4.88. The zero-order valence-electron chi connectivity index (χ0n) is 18.7.